The second kappa shape index (κ2) is 6.91. The lowest BCUT2D eigenvalue weighted by Gasteiger charge is -2.34. The number of rotatable bonds is 4. The second-order valence-corrected chi connectivity index (χ2v) is 6.25. The molecule has 0 saturated carbocycles. The van der Waals surface area contributed by atoms with Crippen molar-refractivity contribution < 1.29 is 19.2 Å². The zero-order valence-electron chi connectivity index (χ0n) is 14.8. The molecule has 0 atom stereocenters. The topological polar surface area (TPSA) is 108 Å². The lowest BCUT2D eigenvalue weighted by molar-refractivity contribution is -0.139. The van der Waals surface area contributed by atoms with Crippen LogP contribution in [0.2, 0.25) is 0 Å². The highest BCUT2D eigenvalue weighted by Gasteiger charge is 2.53. The van der Waals surface area contributed by atoms with Gasteiger partial charge < -0.3 is 10.2 Å². The van der Waals surface area contributed by atoms with Crippen molar-refractivity contribution in [1.29, 1.82) is 0 Å². The third-order valence-corrected chi connectivity index (χ3v) is 4.27. The van der Waals surface area contributed by atoms with Crippen LogP contribution in [-0.2, 0) is 15.1 Å². The number of barbiturate groups is 1. The molecule has 0 bridgehead atoms. The summed E-state index contributed by atoms with van der Waals surface area (Å²) in [5.41, 5.74) is -0.761. The summed E-state index contributed by atoms with van der Waals surface area (Å²) in [6.07, 6.45) is 0. The minimum atomic E-state index is -2.06. The van der Waals surface area contributed by atoms with Crippen molar-refractivity contribution in [3.8, 4) is 0 Å². The van der Waals surface area contributed by atoms with Gasteiger partial charge in [0, 0.05) is 25.3 Å². The number of amides is 5. The van der Waals surface area contributed by atoms with Gasteiger partial charge in [-0.2, -0.15) is 0 Å². The Labute approximate surface area is 155 Å². The maximum absolute atomic E-state index is 12.9. The summed E-state index contributed by atoms with van der Waals surface area (Å²) in [5, 5.41) is 6.62. The van der Waals surface area contributed by atoms with Crippen LogP contribution in [0.5, 0.6) is 0 Å². The Morgan fingerprint density at radius 3 is 2.15 bits per heavy atom. The van der Waals surface area contributed by atoms with Gasteiger partial charge in [-0.15, -0.1) is 0 Å². The van der Waals surface area contributed by atoms with Crippen LogP contribution in [0.1, 0.15) is 15.9 Å². The first-order valence-electron chi connectivity index (χ1n) is 8.17. The largest absolute Gasteiger partial charge is 0.378 e. The van der Waals surface area contributed by atoms with Crippen molar-refractivity contribution in [1.82, 2.24) is 16.0 Å². The smallest absolute Gasteiger partial charge is 0.328 e. The van der Waals surface area contributed by atoms with Crippen molar-refractivity contribution in [2.75, 3.05) is 19.0 Å². The van der Waals surface area contributed by atoms with Gasteiger partial charge in [0.2, 0.25) is 5.54 Å². The number of hydrogen-bond acceptors (Lipinski definition) is 5. The summed E-state index contributed by atoms with van der Waals surface area (Å²) in [7, 11) is 3.66. The molecular formula is C19H18N4O4. The van der Waals surface area contributed by atoms with E-state index in [9.17, 15) is 19.2 Å². The fourth-order valence-corrected chi connectivity index (χ4v) is 2.83. The molecule has 5 amide bonds. The molecule has 1 aliphatic heterocycles. The quantitative estimate of drug-likeness (QED) is 0.692. The molecule has 1 heterocycles. The molecule has 0 aliphatic carbocycles. The van der Waals surface area contributed by atoms with Crippen LogP contribution in [0, 0.1) is 0 Å². The number of hydrogen-bond donors (Lipinski definition) is 3. The maximum atomic E-state index is 12.9. The highest BCUT2D eigenvalue weighted by Crippen LogP contribution is 2.25. The molecular weight excluding hydrogens is 348 g/mol. The second-order valence-electron chi connectivity index (χ2n) is 6.25. The van der Waals surface area contributed by atoms with Crippen LogP contribution >= 0.6 is 0 Å². The highest BCUT2D eigenvalue weighted by molar-refractivity contribution is 6.24. The zero-order chi connectivity index (χ0) is 19.6. The van der Waals surface area contributed by atoms with E-state index in [0.717, 1.165) is 5.69 Å². The number of urea groups is 1. The minimum absolute atomic E-state index is 0.240. The summed E-state index contributed by atoms with van der Waals surface area (Å²) < 4.78 is 0. The standard InChI is InChI=1S/C19H18N4O4/c1-23(2)14-10-6-7-12(11-14)15(24)22-19(13-8-4-3-5-9-13)16(25)20-18(27)21-17(19)26/h3-11H,1-2H3,(H,22,24)(H2,20,21,25,26,27). The van der Waals surface area contributed by atoms with Gasteiger partial charge in [-0.1, -0.05) is 36.4 Å². The van der Waals surface area contributed by atoms with E-state index in [1.54, 1.807) is 36.4 Å². The van der Waals surface area contributed by atoms with Gasteiger partial charge >= 0.3 is 6.03 Å². The first-order valence-corrected chi connectivity index (χ1v) is 8.17. The number of carbonyl (C=O) groups is 4. The van der Waals surface area contributed by atoms with Crippen LogP contribution in [0.3, 0.4) is 0 Å². The van der Waals surface area contributed by atoms with Crippen LogP contribution in [0.15, 0.2) is 54.6 Å². The molecule has 0 radical (unpaired) electrons. The Kier molecular flexibility index (Phi) is 4.64. The van der Waals surface area contributed by atoms with Crippen LogP contribution in [0.4, 0.5) is 10.5 Å². The van der Waals surface area contributed by atoms with E-state index < -0.39 is 29.3 Å². The summed E-state index contributed by atoms with van der Waals surface area (Å²) in [6.45, 7) is 0. The van der Waals surface area contributed by atoms with Crippen LogP contribution in [0.25, 0.3) is 0 Å². The Morgan fingerprint density at radius 2 is 1.56 bits per heavy atom. The molecule has 1 saturated heterocycles. The van der Waals surface area contributed by atoms with Crippen molar-refractivity contribution in [3.05, 3.63) is 65.7 Å². The predicted octanol–water partition coefficient (Wildman–Crippen LogP) is 0.744. The number of anilines is 1. The van der Waals surface area contributed by atoms with E-state index >= 15 is 0 Å². The van der Waals surface area contributed by atoms with Crippen molar-refractivity contribution in [2.24, 2.45) is 0 Å². The van der Waals surface area contributed by atoms with E-state index in [4.69, 9.17) is 0 Å². The van der Waals surface area contributed by atoms with Gasteiger partial charge in [0.15, 0.2) is 0 Å². The van der Waals surface area contributed by atoms with Crippen LogP contribution < -0.4 is 20.9 Å². The third kappa shape index (κ3) is 3.24. The molecule has 2 aromatic rings. The predicted molar refractivity (Wildman–Crippen MR) is 98.0 cm³/mol. The van der Waals surface area contributed by atoms with E-state index in [1.165, 1.54) is 12.1 Å². The Balaban J connectivity index is 2.04. The lowest BCUT2D eigenvalue weighted by atomic mass is 9.86. The zero-order valence-corrected chi connectivity index (χ0v) is 14.8. The van der Waals surface area contributed by atoms with E-state index in [2.05, 4.69) is 16.0 Å². The lowest BCUT2D eigenvalue weighted by Crippen LogP contribution is -2.71. The first-order chi connectivity index (χ1) is 12.8. The molecule has 1 aliphatic rings. The minimum Gasteiger partial charge on any atom is -0.378 e. The molecule has 3 rings (SSSR count). The van der Waals surface area contributed by atoms with E-state index in [1.807, 2.05) is 25.1 Å². The number of benzene rings is 2. The van der Waals surface area contributed by atoms with Crippen LogP contribution in [-0.4, -0.2) is 37.8 Å². The fraction of sp³-hybridized carbons (Fsp3) is 0.158. The van der Waals surface area contributed by atoms with Gasteiger partial charge in [-0.05, 0) is 23.8 Å². The maximum Gasteiger partial charge on any atom is 0.328 e. The SMILES string of the molecule is CN(C)c1cccc(C(=O)NC2(c3ccccc3)C(=O)NC(=O)NC2=O)c1. The summed E-state index contributed by atoms with van der Waals surface area (Å²) in [6, 6.07) is 13.8. The Hall–Kier alpha value is -3.68. The van der Waals surface area contributed by atoms with Crippen molar-refractivity contribution in [3.63, 3.8) is 0 Å². The third-order valence-electron chi connectivity index (χ3n) is 4.27. The highest BCUT2D eigenvalue weighted by atomic mass is 16.2. The number of carbonyl (C=O) groups excluding carboxylic acids is 4. The molecule has 8 nitrogen and oxygen atoms in total. The number of nitrogens with one attached hydrogen (secondary N) is 3. The van der Waals surface area contributed by atoms with Gasteiger partial charge in [-0.3, -0.25) is 25.0 Å². The van der Waals surface area contributed by atoms with E-state index in [0.29, 0.717) is 0 Å². The molecule has 0 spiro atoms. The molecule has 8 heteroatoms. The molecule has 0 aromatic heterocycles. The molecule has 138 valence electrons. The number of imide groups is 2. The summed E-state index contributed by atoms with van der Waals surface area (Å²) in [4.78, 5) is 51.5. The fourth-order valence-electron chi connectivity index (χ4n) is 2.83. The first kappa shape index (κ1) is 18.1. The Morgan fingerprint density at radius 1 is 0.926 bits per heavy atom. The van der Waals surface area contributed by atoms with Crippen molar-refractivity contribution >= 4 is 29.4 Å². The molecule has 0 unspecified atom stereocenters. The molecule has 27 heavy (non-hydrogen) atoms. The molecule has 3 N–H and O–H groups in total. The Bertz CT molecular complexity index is 904. The van der Waals surface area contributed by atoms with E-state index in [-0.39, 0.29) is 11.1 Å². The van der Waals surface area contributed by atoms with Gasteiger partial charge in [0.05, 0.1) is 0 Å². The monoisotopic (exact) mass is 366 g/mol. The molecule has 2 aromatic carbocycles. The van der Waals surface area contributed by atoms with Gasteiger partial charge in [-0.25, -0.2) is 4.79 Å². The average molecular weight is 366 g/mol. The van der Waals surface area contributed by atoms with Gasteiger partial charge in [0.1, 0.15) is 0 Å². The van der Waals surface area contributed by atoms with Crippen molar-refractivity contribution in [2.45, 2.75) is 5.54 Å². The summed E-state index contributed by atoms with van der Waals surface area (Å²) in [5.74, 6) is -2.46. The normalized spacial score (nSPS) is 15.6. The number of nitrogens with zero attached hydrogens (tertiary/aromatic N) is 1. The average Bonchev–Trinajstić information content (AvgIpc) is 2.65. The van der Waals surface area contributed by atoms with Gasteiger partial charge in [0.25, 0.3) is 17.7 Å². The molecule has 1 fully saturated rings. The summed E-state index contributed by atoms with van der Waals surface area (Å²) >= 11 is 0.